The molecule has 3 N–H and O–H groups in total. The molecule has 142 valence electrons. The minimum Gasteiger partial charge on any atom is -0.321 e. The molecule has 0 bridgehead atoms. The van der Waals surface area contributed by atoms with Gasteiger partial charge in [0.2, 0.25) is 0 Å². The molecule has 0 saturated heterocycles. The first kappa shape index (κ1) is 20.0. The average molecular weight is 375 g/mol. The Balaban J connectivity index is 1.96. The quantitative estimate of drug-likeness (QED) is 0.500. The first-order valence-electron chi connectivity index (χ1n) is 8.20. The summed E-state index contributed by atoms with van der Waals surface area (Å²) in [5.74, 6) is -1.31. The van der Waals surface area contributed by atoms with Crippen LogP contribution in [0.1, 0.15) is 6.92 Å². The summed E-state index contributed by atoms with van der Waals surface area (Å²) in [6.45, 7) is 1.57. The molecule has 27 heavy (non-hydrogen) atoms. The molecule has 2 atom stereocenters. The number of benzene rings is 2. The number of anilines is 2. The van der Waals surface area contributed by atoms with E-state index < -0.39 is 22.7 Å². The van der Waals surface area contributed by atoms with Crippen molar-refractivity contribution in [3.63, 3.8) is 0 Å². The second-order valence-electron chi connectivity index (χ2n) is 6.07. The molecule has 0 radical (unpaired) electrons. The van der Waals surface area contributed by atoms with Gasteiger partial charge in [0.25, 0.3) is 17.5 Å². The van der Waals surface area contributed by atoms with Gasteiger partial charge in [-0.2, -0.15) is 0 Å². The molecule has 0 spiro atoms. The van der Waals surface area contributed by atoms with Crippen LogP contribution in [0.4, 0.5) is 21.5 Å². The molecular weight excluding hydrogens is 355 g/mol. The maximum absolute atomic E-state index is 13.2. The van der Waals surface area contributed by atoms with Gasteiger partial charge in [0.1, 0.15) is 11.5 Å². The van der Waals surface area contributed by atoms with Crippen LogP contribution in [-0.4, -0.2) is 36.4 Å². The van der Waals surface area contributed by atoms with E-state index >= 15 is 0 Å². The number of carbonyl (C=O) groups is 2. The van der Waals surface area contributed by atoms with Gasteiger partial charge < -0.3 is 15.5 Å². The van der Waals surface area contributed by atoms with Crippen LogP contribution in [0.3, 0.4) is 0 Å². The van der Waals surface area contributed by atoms with E-state index in [2.05, 4.69) is 10.6 Å². The van der Waals surface area contributed by atoms with E-state index in [-0.39, 0.29) is 23.8 Å². The van der Waals surface area contributed by atoms with Crippen LogP contribution in [0.25, 0.3) is 0 Å². The number of nitrogens with zero attached hydrogens (tertiary/aromatic N) is 1. The lowest BCUT2D eigenvalue weighted by Gasteiger charge is -2.20. The van der Waals surface area contributed by atoms with Crippen molar-refractivity contribution in [2.75, 3.05) is 24.2 Å². The van der Waals surface area contributed by atoms with Crippen LogP contribution < -0.4 is 15.5 Å². The van der Waals surface area contributed by atoms with Crippen molar-refractivity contribution in [3.8, 4) is 0 Å². The van der Waals surface area contributed by atoms with Crippen molar-refractivity contribution < 1.29 is 23.8 Å². The molecule has 0 aliphatic heterocycles. The van der Waals surface area contributed by atoms with Crippen molar-refractivity contribution in [1.82, 2.24) is 0 Å². The summed E-state index contributed by atoms with van der Waals surface area (Å²) in [6, 6.07) is 10.7. The summed E-state index contributed by atoms with van der Waals surface area (Å²) in [7, 11) is 1.65. The van der Waals surface area contributed by atoms with E-state index in [9.17, 15) is 24.1 Å². The van der Waals surface area contributed by atoms with Crippen molar-refractivity contribution in [1.29, 1.82) is 0 Å². The molecule has 1 unspecified atom stereocenters. The summed E-state index contributed by atoms with van der Waals surface area (Å²) in [4.78, 5) is 35.5. The van der Waals surface area contributed by atoms with Gasteiger partial charge in [-0.25, -0.2) is 4.39 Å². The molecule has 9 heteroatoms. The number of rotatable bonds is 7. The minimum atomic E-state index is -0.650. The summed E-state index contributed by atoms with van der Waals surface area (Å²) in [6.07, 6.45) is 0. The van der Waals surface area contributed by atoms with Crippen molar-refractivity contribution in [2.45, 2.75) is 13.0 Å². The molecule has 0 aromatic heterocycles. The number of para-hydroxylation sites is 2. The third-order valence-corrected chi connectivity index (χ3v) is 4.04. The summed E-state index contributed by atoms with van der Waals surface area (Å²) in [5.41, 5.74) is 0.209. The van der Waals surface area contributed by atoms with E-state index in [1.54, 1.807) is 26.1 Å². The zero-order valence-corrected chi connectivity index (χ0v) is 14.9. The Hall–Kier alpha value is -3.33. The van der Waals surface area contributed by atoms with Gasteiger partial charge in [0, 0.05) is 11.8 Å². The molecule has 0 saturated carbocycles. The maximum Gasteiger partial charge on any atom is 0.292 e. The van der Waals surface area contributed by atoms with E-state index in [1.807, 2.05) is 0 Å². The number of nitrogens with one attached hydrogen (secondary N) is 3. The van der Waals surface area contributed by atoms with E-state index in [0.717, 1.165) is 0 Å². The smallest absolute Gasteiger partial charge is 0.292 e. The van der Waals surface area contributed by atoms with Crippen LogP contribution in [0, 0.1) is 15.9 Å². The normalized spacial score (nSPS) is 12.7. The van der Waals surface area contributed by atoms with Gasteiger partial charge in [0.05, 0.1) is 12.0 Å². The molecule has 0 aliphatic carbocycles. The third-order valence-electron chi connectivity index (χ3n) is 4.04. The second kappa shape index (κ2) is 8.86. The Labute approximate surface area is 155 Å². The van der Waals surface area contributed by atoms with Crippen LogP contribution in [0.2, 0.25) is 0 Å². The van der Waals surface area contributed by atoms with Gasteiger partial charge in [-0.15, -0.1) is 0 Å². The summed E-state index contributed by atoms with van der Waals surface area (Å²) in [5, 5.41) is 16.1. The average Bonchev–Trinajstić information content (AvgIpc) is 2.61. The van der Waals surface area contributed by atoms with E-state index in [1.165, 1.54) is 36.4 Å². The highest BCUT2D eigenvalue weighted by molar-refractivity contribution is 5.96. The van der Waals surface area contributed by atoms with E-state index in [4.69, 9.17) is 0 Å². The summed E-state index contributed by atoms with van der Waals surface area (Å²) >= 11 is 0. The highest BCUT2D eigenvalue weighted by atomic mass is 19.1. The predicted molar refractivity (Wildman–Crippen MR) is 98.0 cm³/mol. The third kappa shape index (κ3) is 5.58. The molecule has 0 heterocycles. The Morgan fingerprint density at radius 3 is 2.56 bits per heavy atom. The SMILES string of the molecule is C[C@H](C(=O)Nc1ccccc1[N+](=O)[O-])[NH+](C)CC(=O)Nc1cccc(F)c1. The van der Waals surface area contributed by atoms with Gasteiger partial charge in [-0.1, -0.05) is 18.2 Å². The minimum absolute atomic E-state index is 0.0397. The lowest BCUT2D eigenvalue weighted by molar-refractivity contribution is -0.885. The Morgan fingerprint density at radius 2 is 1.89 bits per heavy atom. The highest BCUT2D eigenvalue weighted by Crippen LogP contribution is 2.23. The fraction of sp³-hybridized carbons (Fsp3) is 0.222. The lowest BCUT2D eigenvalue weighted by Crippen LogP contribution is -3.14. The van der Waals surface area contributed by atoms with Crippen molar-refractivity contribution >= 4 is 28.9 Å². The molecule has 8 nitrogen and oxygen atoms in total. The Morgan fingerprint density at radius 1 is 1.19 bits per heavy atom. The van der Waals surface area contributed by atoms with Crippen molar-refractivity contribution in [2.24, 2.45) is 0 Å². The number of amides is 2. The van der Waals surface area contributed by atoms with Gasteiger partial charge in [-0.3, -0.25) is 19.7 Å². The standard InChI is InChI=1S/C18H19FN4O4/c1-12(18(25)21-15-8-3-4-9-16(15)23(26)27)22(2)11-17(24)20-14-7-5-6-13(19)10-14/h3-10,12H,11H2,1-2H3,(H,20,24)(H,21,25)/p+1/t12-/m1/s1. The Bertz CT molecular complexity index is 859. The number of quaternary nitrogens is 1. The molecule has 2 aromatic rings. The molecule has 2 aromatic carbocycles. The monoisotopic (exact) mass is 375 g/mol. The number of hydrogen-bond acceptors (Lipinski definition) is 4. The number of halogens is 1. The molecule has 0 fully saturated rings. The van der Waals surface area contributed by atoms with Crippen LogP contribution >= 0.6 is 0 Å². The zero-order valence-electron chi connectivity index (χ0n) is 14.9. The number of nitro benzene ring substituents is 1. The zero-order chi connectivity index (χ0) is 20.0. The first-order chi connectivity index (χ1) is 12.8. The van der Waals surface area contributed by atoms with Gasteiger partial charge in [0.15, 0.2) is 12.6 Å². The molecule has 0 aliphatic rings. The number of likely N-dealkylation sites (N-methyl/N-ethyl adjacent to an activating group) is 1. The van der Waals surface area contributed by atoms with Crippen LogP contribution in [0.15, 0.2) is 48.5 Å². The Kier molecular flexibility index (Phi) is 6.56. The second-order valence-corrected chi connectivity index (χ2v) is 6.07. The number of hydrogen-bond donors (Lipinski definition) is 3. The lowest BCUT2D eigenvalue weighted by atomic mass is 10.2. The topological polar surface area (TPSA) is 106 Å². The number of nitro groups is 1. The predicted octanol–water partition coefficient (Wildman–Crippen LogP) is 1.21. The molecule has 2 rings (SSSR count). The molecule has 2 amide bonds. The first-order valence-corrected chi connectivity index (χ1v) is 8.20. The molecular formula is C18H20FN4O4+. The largest absolute Gasteiger partial charge is 0.321 e. The highest BCUT2D eigenvalue weighted by Gasteiger charge is 2.26. The maximum atomic E-state index is 13.2. The fourth-order valence-corrected chi connectivity index (χ4v) is 2.38. The van der Waals surface area contributed by atoms with Crippen LogP contribution in [-0.2, 0) is 9.59 Å². The fourth-order valence-electron chi connectivity index (χ4n) is 2.38. The van der Waals surface area contributed by atoms with Gasteiger partial charge >= 0.3 is 0 Å². The van der Waals surface area contributed by atoms with Crippen molar-refractivity contribution in [3.05, 3.63) is 64.5 Å². The van der Waals surface area contributed by atoms with Crippen LogP contribution in [0.5, 0.6) is 0 Å². The van der Waals surface area contributed by atoms with E-state index in [0.29, 0.717) is 10.6 Å². The number of carbonyl (C=O) groups excluding carboxylic acids is 2. The van der Waals surface area contributed by atoms with Gasteiger partial charge in [-0.05, 0) is 31.2 Å². The summed E-state index contributed by atoms with van der Waals surface area (Å²) < 4.78 is 13.2.